The summed E-state index contributed by atoms with van der Waals surface area (Å²) in [5.41, 5.74) is 0.714. The fraction of sp³-hybridized carbons (Fsp3) is 0.556. The van der Waals surface area contributed by atoms with Gasteiger partial charge in [-0.1, -0.05) is 18.9 Å². The van der Waals surface area contributed by atoms with Crippen molar-refractivity contribution in [3.63, 3.8) is 0 Å². The van der Waals surface area contributed by atoms with Gasteiger partial charge in [0.05, 0.1) is 25.3 Å². The third kappa shape index (κ3) is 6.61. The number of hydrogen-bond donors (Lipinski definition) is 3. The lowest BCUT2D eigenvalue weighted by atomic mass is 9.87. The summed E-state index contributed by atoms with van der Waals surface area (Å²) in [6, 6.07) is 4.81. The fourth-order valence-corrected chi connectivity index (χ4v) is 3.75. The first-order chi connectivity index (χ1) is 12.9. The highest BCUT2D eigenvalue weighted by molar-refractivity contribution is 5.72. The van der Waals surface area contributed by atoms with Crippen LogP contribution in [0.5, 0.6) is 0 Å². The molecule has 0 aliphatic heterocycles. The zero-order chi connectivity index (χ0) is 19.8. The number of hydrogen-bond acceptors (Lipinski definition) is 6. The second-order valence-corrected chi connectivity index (χ2v) is 6.73. The summed E-state index contributed by atoms with van der Waals surface area (Å²) in [5, 5.41) is 27.7. The van der Waals surface area contributed by atoms with Crippen LogP contribution in [0, 0.1) is 0 Å². The summed E-state index contributed by atoms with van der Waals surface area (Å²) in [7, 11) is 0. The minimum absolute atomic E-state index is 0.217. The average molecular weight is 379 g/mol. The van der Waals surface area contributed by atoms with Crippen molar-refractivity contribution in [1.82, 2.24) is 14.8 Å². The first-order valence-electron chi connectivity index (χ1n) is 8.90. The molecule has 1 unspecified atom stereocenters. The van der Waals surface area contributed by atoms with E-state index >= 15 is 0 Å². The van der Waals surface area contributed by atoms with Crippen LogP contribution in [0.1, 0.15) is 31.4 Å². The largest absolute Gasteiger partial charge is 0.480 e. The lowest BCUT2D eigenvalue weighted by molar-refractivity contribution is -0.146. The van der Waals surface area contributed by atoms with E-state index in [1.165, 1.54) is 4.90 Å². The molecule has 0 aromatic carbocycles. The third-order valence-corrected chi connectivity index (χ3v) is 4.74. The maximum atomic E-state index is 11.4. The van der Waals surface area contributed by atoms with E-state index in [9.17, 15) is 29.7 Å². The van der Waals surface area contributed by atoms with Gasteiger partial charge in [-0.3, -0.25) is 29.2 Å². The van der Waals surface area contributed by atoms with E-state index in [1.807, 2.05) is 6.07 Å². The second-order valence-electron chi connectivity index (χ2n) is 6.73. The third-order valence-electron chi connectivity index (χ3n) is 4.74. The highest BCUT2D eigenvalue weighted by atomic mass is 16.4. The Bertz CT molecular complexity index is 638. The Labute approximate surface area is 157 Å². The lowest BCUT2D eigenvalue weighted by Gasteiger charge is -2.43. The van der Waals surface area contributed by atoms with E-state index in [0.717, 1.165) is 12.8 Å². The molecule has 0 amide bonds. The summed E-state index contributed by atoms with van der Waals surface area (Å²) in [5.74, 6) is -3.19. The van der Waals surface area contributed by atoms with Gasteiger partial charge in [0.2, 0.25) is 0 Å². The van der Waals surface area contributed by atoms with Crippen LogP contribution >= 0.6 is 0 Å². The van der Waals surface area contributed by atoms with Crippen LogP contribution in [0.25, 0.3) is 0 Å². The van der Waals surface area contributed by atoms with Crippen LogP contribution in [0.15, 0.2) is 24.4 Å². The zero-order valence-corrected chi connectivity index (χ0v) is 15.0. The molecule has 0 saturated heterocycles. The number of carbonyl (C=O) groups is 3. The number of rotatable bonds is 10. The number of aromatic nitrogens is 1. The molecule has 9 nitrogen and oxygen atoms in total. The molecule has 0 bridgehead atoms. The van der Waals surface area contributed by atoms with Crippen LogP contribution in [-0.2, 0) is 20.9 Å². The van der Waals surface area contributed by atoms with Crippen molar-refractivity contribution in [2.45, 2.75) is 44.3 Å². The molecule has 2 rings (SSSR count). The predicted molar refractivity (Wildman–Crippen MR) is 95.2 cm³/mol. The molecule has 148 valence electrons. The number of carboxylic acid groups (broad SMARTS) is 3. The molecule has 1 aromatic rings. The molecule has 1 aliphatic carbocycles. The van der Waals surface area contributed by atoms with Crippen LogP contribution in [0.3, 0.4) is 0 Å². The second kappa shape index (κ2) is 9.98. The molecule has 1 aromatic heterocycles. The normalized spacial score (nSPS) is 19.9. The van der Waals surface area contributed by atoms with Gasteiger partial charge < -0.3 is 15.3 Å². The van der Waals surface area contributed by atoms with Crippen LogP contribution < -0.4 is 0 Å². The quantitative estimate of drug-likeness (QED) is 0.539. The molecular formula is C18H25N3O6. The van der Waals surface area contributed by atoms with Gasteiger partial charge in [0.1, 0.15) is 0 Å². The Morgan fingerprint density at radius 1 is 0.889 bits per heavy atom. The van der Waals surface area contributed by atoms with Gasteiger partial charge in [0.15, 0.2) is 0 Å². The smallest absolute Gasteiger partial charge is 0.317 e. The molecule has 1 heterocycles. The molecule has 1 fully saturated rings. The molecule has 0 spiro atoms. The van der Waals surface area contributed by atoms with Crippen LogP contribution in [-0.4, -0.2) is 79.7 Å². The van der Waals surface area contributed by atoms with E-state index in [0.29, 0.717) is 25.1 Å². The Kier molecular flexibility index (Phi) is 7.68. The Hall–Kier alpha value is -2.52. The first-order valence-corrected chi connectivity index (χ1v) is 8.90. The minimum atomic E-state index is -1.10. The highest BCUT2D eigenvalue weighted by Gasteiger charge is 2.36. The van der Waals surface area contributed by atoms with Crippen molar-refractivity contribution in [1.29, 1.82) is 0 Å². The predicted octanol–water partition coefficient (Wildman–Crippen LogP) is 0.751. The molecule has 9 heteroatoms. The Morgan fingerprint density at radius 3 is 1.89 bits per heavy atom. The summed E-state index contributed by atoms with van der Waals surface area (Å²) in [6.45, 7) is -0.691. The van der Waals surface area contributed by atoms with Gasteiger partial charge in [0.25, 0.3) is 0 Å². The SMILES string of the molecule is O=C(O)CN(CC(=O)O)C1CCCC[C@@H]1N(CC(=O)O)Cc1ccccn1. The van der Waals surface area contributed by atoms with Crippen molar-refractivity contribution in [2.75, 3.05) is 19.6 Å². The van der Waals surface area contributed by atoms with Crippen molar-refractivity contribution >= 4 is 17.9 Å². The topological polar surface area (TPSA) is 131 Å². The van der Waals surface area contributed by atoms with Gasteiger partial charge in [0, 0.05) is 24.8 Å². The van der Waals surface area contributed by atoms with E-state index in [-0.39, 0.29) is 18.6 Å². The number of pyridine rings is 1. The molecule has 1 aliphatic rings. The Morgan fingerprint density at radius 2 is 1.41 bits per heavy atom. The van der Waals surface area contributed by atoms with Gasteiger partial charge in [-0.25, -0.2) is 0 Å². The number of nitrogens with zero attached hydrogens (tertiary/aromatic N) is 3. The number of aliphatic carboxylic acids is 3. The number of carboxylic acids is 3. The molecule has 1 saturated carbocycles. The van der Waals surface area contributed by atoms with Gasteiger partial charge in [-0.15, -0.1) is 0 Å². The van der Waals surface area contributed by atoms with Crippen LogP contribution in [0.2, 0.25) is 0 Å². The summed E-state index contributed by atoms with van der Waals surface area (Å²) in [4.78, 5) is 41.3. The van der Waals surface area contributed by atoms with Crippen molar-refractivity contribution in [3.05, 3.63) is 30.1 Å². The monoisotopic (exact) mass is 379 g/mol. The lowest BCUT2D eigenvalue weighted by Crippen LogP contribution is -2.56. The van der Waals surface area contributed by atoms with E-state index in [2.05, 4.69) is 4.98 Å². The van der Waals surface area contributed by atoms with Gasteiger partial charge >= 0.3 is 17.9 Å². The molecule has 2 atom stereocenters. The summed E-state index contributed by atoms with van der Waals surface area (Å²) >= 11 is 0. The fourth-order valence-electron chi connectivity index (χ4n) is 3.75. The van der Waals surface area contributed by atoms with E-state index < -0.39 is 31.0 Å². The van der Waals surface area contributed by atoms with E-state index in [1.54, 1.807) is 23.2 Å². The standard InChI is InChI=1S/C18H25N3O6/c22-16(23)10-20(9-13-5-3-4-8-19-13)14-6-1-2-7-15(14)21(11-17(24)25)12-18(26)27/h3-5,8,14-15H,1-2,6-7,9-12H2,(H,22,23)(H,24,25)(H,26,27)/t14-,15?/m0/s1. The average Bonchev–Trinajstić information content (AvgIpc) is 2.60. The molecule has 27 heavy (non-hydrogen) atoms. The Balaban J connectivity index is 2.26. The molecular weight excluding hydrogens is 354 g/mol. The van der Waals surface area contributed by atoms with Crippen molar-refractivity contribution in [3.8, 4) is 0 Å². The van der Waals surface area contributed by atoms with E-state index in [4.69, 9.17) is 0 Å². The highest BCUT2D eigenvalue weighted by Crippen LogP contribution is 2.28. The minimum Gasteiger partial charge on any atom is -0.480 e. The van der Waals surface area contributed by atoms with Gasteiger partial charge in [-0.2, -0.15) is 0 Å². The van der Waals surface area contributed by atoms with Gasteiger partial charge in [-0.05, 0) is 25.0 Å². The molecule has 3 N–H and O–H groups in total. The molecule has 0 radical (unpaired) electrons. The van der Waals surface area contributed by atoms with Crippen molar-refractivity contribution < 1.29 is 29.7 Å². The van der Waals surface area contributed by atoms with Crippen molar-refractivity contribution in [2.24, 2.45) is 0 Å². The zero-order valence-electron chi connectivity index (χ0n) is 15.0. The van der Waals surface area contributed by atoms with Crippen LogP contribution in [0.4, 0.5) is 0 Å². The maximum absolute atomic E-state index is 11.4. The summed E-state index contributed by atoms with van der Waals surface area (Å²) < 4.78 is 0. The first kappa shape index (κ1) is 20.8. The maximum Gasteiger partial charge on any atom is 0.317 e. The summed E-state index contributed by atoms with van der Waals surface area (Å²) in [6.07, 6.45) is 4.67.